The van der Waals surface area contributed by atoms with Gasteiger partial charge in [0.05, 0.1) is 5.69 Å². The third-order valence-corrected chi connectivity index (χ3v) is 3.21. The van der Waals surface area contributed by atoms with Crippen LogP contribution in [0.25, 0.3) is 21.7 Å². The Kier molecular flexibility index (Phi) is 2.35. The maximum Gasteiger partial charge on any atom is 0.259 e. The molecule has 0 radical (unpaired) electrons. The Balaban J connectivity index is 2.37. The highest BCUT2D eigenvalue weighted by atomic mass is 16.3. The molecule has 0 saturated carbocycles. The zero-order valence-electron chi connectivity index (χ0n) is 9.69. The summed E-state index contributed by atoms with van der Waals surface area (Å²) in [6, 6.07) is 10.1. The number of carbonyl (C=O) groups is 1. The van der Waals surface area contributed by atoms with Crippen LogP contribution in [0, 0.1) is 0 Å². The fraction of sp³-hybridized carbons (Fsp3) is 0.0769. The second-order valence-corrected chi connectivity index (χ2v) is 4.15. The quantitative estimate of drug-likeness (QED) is 0.478. The average Bonchev–Trinajstić information content (AvgIpc) is 2.72. The number of rotatable bonds is 1. The van der Waals surface area contributed by atoms with Crippen LogP contribution >= 0.6 is 0 Å². The molecule has 1 aliphatic carbocycles. The van der Waals surface area contributed by atoms with Gasteiger partial charge in [-0.25, -0.2) is 0 Å². The third-order valence-electron chi connectivity index (χ3n) is 3.21. The lowest BCUT2D eigenvalue weighted by molar-refractivity contribution is -0.132. The van der Waals surface area contributed by atoms with Gasteiger partial charge < -0.3 is 5.11 Å². The van der Waals surface area contributed by atoms with Crippen molar-refractivity contribution in [3.8, 4) is 11.3 Å². The van der Waals surface area contributed by atoms with Gasteiger partial charge in [0.25, 0.3) is 5.91 Å². The van der Waals surface area contributed by atoms with E-state index in [1.807, 2.05) is 0 Å². The Morgan fingerprint density at radius 3 is 2.79 bits per heavy atom. The summed E-state index contributed by atoms with van der Waals surface area (Å²) in [7, 11) is 0. The van der Waals surface area contributed by atoms with Gasteiger partial charge in [0.15, 0.2) is 5.60 Å². The lowest BCUT2D eigenvalue weighted by atomic mass is 9.91. The Hall–Kier alpha value is -2.69. The summed E-state index contributed by atoms with van der Waals surface area (Å²) in [5, 5.41) is 13.8. The highest BCUT2D eigenvalue weighted by Crippen LogP contribution is 2.46. The molecule has 1 atom stereocenters. The monoisotopic (exact) mass is 252 g/mol. The van der Waals surface area contributed by atoms with Crippen molar-refractivity contribution in [2.45, 2.75) is 5.60 Å². The van der Waals surface area contributed by atoms with Gasteiger partial charge in [-0.15, -0.1) is 0 Å². The largest absolute Gasteiger partial charge is 0.373 e. The van der Waals surface area contributed by atoms with E-state index < -0.39 is 11.5 Å². The predicted octanol–water partition coefficient (Wildman–Crippen LogP) is 2.13. The van der Waals surface area contributed by atoms with Crippen molar-refractivity contribution in [1.82, 2.24) is 4.98 Å². The zero-order chi connectivity index (χ0) is 13.5. The molecular formula is C13H8N4O2. The molecule has 0 bridgehead atoms. The standard InChI is InChI=1S/C13H8N4O2/c14-17-16-12(18)13(19)9-5-2-1-4-8(9)11-10(13)6-3-7-15-11/h1-7,19H. The minimum atomic E-state index is -1.95. The van der Waals surface area contributed by atoms with Crippen LogP contribution < -0.4 is 0 Å². The van der Waals surface area contributed by atoms with Crippen LogP contribution in [0.1, 0.15) is 11.1 Å². The molecule has 0 aliphatic heterocycles. The van der Waals surface area contributed by atoms with Crippen LogP contribution in [-0.4, -0.2) is 16.0 Å². The molecule has 0 fully saturated rings. The third kappa shape index (κ3) is 1.38. The number of aromatic nitrogens is 1. The van der Waals surface area contributed by atoms with E-state index in [9.17, 15) is 9.90 Å². The van der Waals surface area contributed by atoms with Crippen molar-refractivity contribution < 1.29 is 9.90 Å². The molecule has 1 unspecified atom stereocenters. The van der Waals surface area contributed by atoms with E-state index in [1.54, 1.807) is 42.6 Å². The van der Waals surface area contributed by atoms with Crippen LogP contribution in [0.2, 0.25) is 0 Å². The first-order chi connectivity index (χ1) is 9.19. The second kappa shape index (κ2) is 3.91. The van der Waals surface area contributed by atoms with E-state index in [1.165, 1.54) is 0 Å². The Morgan fingerprint density at radius 1 is 1.26 bits per heavy atom. The number of pyridine rings is 1. The summed E-state index contributed by atoms with van der Waals surface area (Å²) >= 11 is 0. The average molecular weight is 252 g/mol. The first-order valence-electron chi connectivity index (χ1n) is 5.57. The van der Waals surface area contributed by atoms with Crippen LogP contribution in [0.3, 0.4) is 0 Å². The molecule has 1 amide bonds. The number of benzene rings is 1. The molecule has 2 aromatic rings. The van der Waals surface area contributed by atoms with Crippen molar-refractivity contribution >= 4 is 5.91 Å². The van der Waals surface area contributed by atoms with Crippen LogP contribution in [0.5, 0.6) is 0 Å². The molecule has 1 N–H and O–H groups in total. The molecule has 0 saturated heterocycles. The van der Waals surface area contributed by atoms with Gasteiger partial charge in [0.1, 0.15) is 0 Å². The van der Waals surface area contributed by atoms with Gasteiger partial charge in [-0.1, -0.05) is 30.3 Å². The maximum absolute atomic E-state index is 12.0. The summed E-state index contributed by atoms with van der Waals surface area (Å²) in [4.78, 5) is 18.7. The summed E-state index contributed by atoms with van der Waals surface area (Å²) < 4.78 is 0. The number of hydrogen-bond donors (Lipinski definition) is 1. The molecule has 92 valence electrons. The SMILES string of the molecule is [N-]=[N+]=NC(=O)C1(O)c2ccccc2-c2ncccc21. The van der Waals surface area contributed by atoms with Crippen molar-refractivity contribution in [2.75, 3.05) is 0 Å². The van der Waals surface area contributed by atoms with Gasteiger partial charge in [0.2, 0.25) is 0 Å². The van der Waals surface area contributed by atoms with E-state index in [-0.39, 0.29) is 0 Å². The number of fused-ring (bicyclic) bond motifs is 3. The lowest BCUT2D eigenvalue weighted by Crippen LogP contribution is -2.33. The number of aliphatic hydroxyl groups is 1. The zero-order valence-corrected chi connectivity index (χ0v) is 9.69. The molecular weight excluding hydrogens is 244 g/mol. The van der Waals surface area contributed by atoms with E-state index in [4.69, 9.17) is 5.53 Å². The number of azide groups is 1. The molecule has 6 heteroatoms. The van der Waals surface area contributed by atoms with E-state index >= 15 is 0 Å². The topological polar surface area (TPSA) is 99.0 Å². The van der Waals surface area contributed by atoms with Crippen LogP contribution in [-0.2, 0) is 10.4 Å². The van der Waals surface area contributed by atoms with E-state index in [0.717, 1.165) is 0 Å². The van der Waals surface area contributed by atoms with Gasteiger partial charge in [-0.05, 0) is 16.7 Å². The number of amides is 1. The lowest BCUT2D eigenvalue weighted by Gasteiger charge is -2.21. The fourth-order valence-corrected chi connectivity index (χ4v) is 2.41. The van der Waals surface area contributed by atoms with Gasteiger partial charge in [-0.2, -0.15) is 0 Å². The fourth-order valence-electron chi connectivity index (χ4n) is 2.41. The summed E-state index contributed by atoms with van der Waals surface area (Å²) in [5.74, 6) is -0.950. The number of carbonyl (C=O) groups excluding carboxylic acids is 1. The Morgan fingerprint density at radius 2 is 2.00 bits per heavy atom. The van der Waals surface area contributed by atoms with Gasteiger partial charge in [0, 0.05) is 27.8 Å². The van der Waals surface area contributed by atoms with Crippen molar-refractivity contribution in [1.29, 1.82) is 0 Å². The van der Waals surface area contributed by atoms with E-state index in [2.05, 4.69) is 15.0 Å². The Labute approximate surface area is 108 Å². The summed E-state index contributed by atoms with van der Waals surface area (Å²) in [6.45, 7) is 0. The molecule has 19 heavy (non-hydrogen) atoms. The van der Waals surface area contributed by atoms with E-state index in [0.29, 0.717) is 22.4 Å². The highest BCUT2D eigenvalue weighted by Gasteiger charge is 2.47. The molecule has 1 heterocycles. The summed E-state index contributed by atoms with van der Waals surface area (Å²) in [5.41, 5.74) is 8.40. The Bertz CT molecular complexity index is 689. The summed E-state index contributed by atoms with van der Waals surface area (Å²) in [6.07, 6.45) is 1.58. The molecule has 1 aromatic carbocycles. The highest BCUT2D eigenvalue weighted by molar-refractivity contribution is 5.98. The number of nitrogens with zero attached hydrogens (tertiary/aromatic N) is 4. The minimum absolute atomic E-state index is 0.341. The van der Waals surface area contributed by atoms with Crippen molar-refractivity contribution in [3.63, 3.8) is 0 Å². The van der Waals surface area contributed by atoms with Crippen molar-refractivity contribution in [2.24, 2.45) is 5.11 Å². The van der Waals surface area contributed by atoms with Crippen LogP contribution in [0.4, 0.5) is 0 Å². The van der Waals surface area contributed by atoms with Crippen LogP contribution in [0.15, 0.2) is 47.7 Å². The maximum atomic E-state index is 12.0. The normalized spacial score (nSPS) is 19.2. The predicted molar refractivity (Wildman–Crippen MR) is 66.8 cm³/mol. The molecule has 1 aromatic heterocycles. The molecule has 6 nitrogen and oxygen atoms in total. The molecule has 0 spiro atoms. The molecule has 3 rings (SSSR count). The molecule has 1 aliphatic rings. The van der Waals surface area contributed by atoms with Gasteiger partial charge >= 0.3 is 0 Å². The van der Waals surface area contributed by atoms with Crippen molar-refractivity contribution in [3.05, 3.63) is 64.2 Å². The minimum Gasteiger partial charge on any atom is -0.373 e. The smallest absolute Gasteiger partial charge is 0.259 e. The first-order valence-corrected chi connectivity index (χ1v) is 5.57. The van der Waals surface area contributed by atoms with Gasteiger partial charge in [-0.3, -0.25) is 9.78 Å². The first kappa shape index (κ1) is 11.4. The number of hydrogen-bond acceptors (Lipinski definition) is 3. The second-order valence-electron chi connectivity index (χ2n) is 4.15.